The van der Waals surface area contributed by atoms with Crippen LogP contribution in [0.2, 0.25) is 0 Å². The van der Waals surface area contributed by atoms with E-state index in [2.05, 4.69) is 5.32 Å². The fourth-order valence-electron chi connectivity index (χ4n) is 2.98. The van der Waals surface area contributed by atoms with Crippen LogP contribution in [0.4, 0.5) is 0 Å². The highest BCUT2D eigenvalue weighted by molar-refractivity contribution is 7.91. The maximum atomic E-state index is 11.9. The summed E-state index contributed by atoms with van der Waals surface area (Å²) in [5.74, 6) is -0.526. The molecule has 7 nitrogen and oxygen atoms in total. The molecule has 2 heterocycles. The normalized spacial score (nSPS) is 26.6. The second-order valence-electron chi connectivity index (χ2n) is 5.98. The second kappa shape index (κ2) is 6.74. The van der Waals surface area contributed by atoms with Crippen LogP contribution in [-0.2, 0) is 19.4 Å². The summed E-state index contributed by atoms with van der Waals surface area (Å²) in [6, 6.07) is -0.257. The quantitative estimate of drug-likeness (QED) is 0.707. The zero-order valence-corrected chi connectivity index (χ0v) is 12.8. The molecule has 2 saturated heterocycles. The lowest BCUT2D eigenvalue weighted by atomic mass is 9.94. The molecule has 0 bridgehead atoms. The van der Waals surface area contributed by atoms with Crippen LogP contribution in [0.1, 0.15) is 25.7 Å². The topological polar surface area (TPSA) is 104 Å². The van der Waals surface area contributed by atoms with E-state index in [9.17, 15) is 18.0 Å². The van der Waals surface area contributed by atoms with Gasteiger partial charge < -0.3 is 10.4 Å². The Morgan fingerprint density at radius 3 is 2.38 bits per heavy atom. The van der Waals surface area contributed by atoms with Gasteiger partial charge in [0.2, 0.25) is 5.91 Å². The van der Waals surface area contributed by atoms with Gasteiger partial charge in [0.1, 0.15) is 0 Å². The number of rotatable bonds is 5. The van der Waals surface area contributed by atoms with E-state index in [1.165, 1.54) is 0 Å². The summed E-state index contributed by atoms with van der Waals surface area (Å²) >= 11 is 0. The number of sulfone groups is 1. The first-order valence-electron chi connectivity index (χ1n) is 7.28. The zero-order valence-electron chi connectivity index (χ0n) is 12.0. The minimum Gasteiger partial charge on any atom is -0.481 e. The molecule has 0 aromatic heterocycles. The SMILES string of the molecule is O=C(O)CC1CCN(CC(=O)NC2CCS(=O)(=O)C2)CC1. The molecule has 2 fully saturated rings. The first-order chi connectivity index (χ1) is 9.84. The Labute approximate surface area is 124 Å². The van der Waals surface area contributed by atoms with E-state index in [1.807, 2.05) is 4.90 Å². The lowest BCUT2D eigenvalue weighted by molar-refractivity contribution is -0.138. The maximum absolute atomic E-state index is 11.9. The molecule has 0 spiro atoms. The Morgan fingerprint density at radius 2 is 1.86 bits per heavy atom. The highest BCUT2D eigenvalue weighted by Gasteiger charge is 2.29. The predicted octanol–water partition coefficient (Wildman–Crippen LogP) is -0.524. The molecule has 2 rings (SSSR count). The third-order valence-electron chi connectivity index (χ3n) is 4.14. The highest BCUT2D eigenvalue weighted by Crippen LogP contribution is 2.20. The number of amides is 1. The summed E-state index contributed by atoms with van der Waals surface area (Å²) in [7, 11) is -2.98. The molecular weight excluding hydrogens is 296 g/mol. The molecule has 2 N–H and O–H groups in total. The lowest BCUT2D eigenvalue weighted by Crippen LogP contribution is -2.45. The summed E-state index contributed by atoms with van der Waals surface area (Å²) in [5, 5.41) is 11.5. The third kappa shape index (κ3) is 5.28. The second-order valence-corrected chi connectivity index (χ2v) is 8.21. The van der Waals surface area contributed by atoms with Gasteiger partial charge in [-0.05, 0) is 38.3 Å². The molecule has 2 aliphatic heterocycles. The van der Waals surface area contributed by atoms with E-state index in [1.54, 1.807) is 0 Å². The van der Waals surface area contributed by atoms with Gasteiger partial charge in [-0.15, -0.1) is 0 Å². The van der Waals surface area contributed by atoms with Crippen molar-refractivity contribution >= 4 is 21.7 Å². The predicted molar refractivity (Wildman–Crippen MR) is 76.6 cm³/mol. The number of nitrogens with zero attached hydrogens (tertiary/aromatic N) is 1. The van der Waals surface area contributed by atoms with Crippen LogP contribution in [0.25, 0.3) is 0 Å². The Morgan fingerprint density at radius 1 is 1.19 bits per heavy atom. The number of piperidine rings is 1. The van der Waals surface area contributed by atoms with E-state index in [0.29, 0.717) is 19.5 Å². The van der Waals surface area contributed by atoms with Crippen molar-refractivity contribution in [3.8, 4) is 0 Å². The minimum absolute atomic E-state index is 0.0411. The van der Waals surface area contributed by atoms with Crippen molar-refractivity contribution in [2.45, 2.75) is 31.7 Å². The van der Waals surface area contributed by atoms with Crippen molar-refractivity contribution in [1.82, 2.24) is 10.2 Å². The fraction of sp³-hybridized carbons (Fsp3) is 0.846. The van der Waals surface area contributed by atoms with Crippen molar-refractivity contribution in [3.05, 3.63) is 0 Å². The van der Waals surface area contributed by atoms with Gasteiger partial charge in [0.15, 0.2) is 9.84 Å². The number of carboxylic acid groups (broad SMARTS) is 1. The van der Waals surface area contributed by atoms with Gasteiger partial charge in [-0.25, -0.2) is 8.42 Å². The molecule has 21 heavy (non-hydrogen) atoms. The maximum Gasteiger partial charge on any atom is 0.303 e. The van der Waals surface area contributed by atoms with Gasteiger partial charge >= 0.3 is 5.97 Å². The summed E-state index contributed by atoms with van der Waals surface area (Å²) in [6.07, 6.45) is 2.27. The summed E-state index contributed by atoms with van der Waals surface area (Å²) in [4.78, 5) is 24.5. The van der Waals surface area contributed by atoms with Gasteiger partial charge in [-0.2, -0.15) is 0 Å². The van der Waals surface area contributed by atoms with E-state index >= 15 is 0 Å². The molecule has 1 unspecified atom stereocenters. The third-order valence-corrected chi connectivity index (χ3v) is 5.90. The van der Waals surface area contributed by atoms with Crippen molar-refractivity contribution in [3.63, 3.8) is 0 Å². The van der Waals surface area contributed by atoms with Gasteiger partial charge in [0, 0.05) is 12.5 Å². The smallest absolute Gasteiger partial charge is 0.303 e. The first kappa shape index (κ1) is 16.2. The van der Waals surface area contributed by atoms with Crippen molar-refractivity contribution in [1.29, 1.82) is 0 Å². The average Bonchev–Trinajstić information content (AvgIpc) is 2.70. The highest BCUT2D eigenvalue weighted by atomic mass is 32.2. The molecule has 120 valence electrons. The number of carbonyl (C=O) groups excluding carboxylic acids is 1. The number of likely N-dealkylation sites (tertiary alicyclic amines) is 1. The van der Waals surface area contributed by atoms with Crippen LogP contribution in [0, 0.1) is 5.92 Å². The molecule has 8 heteroatoms. The standard InChI is InChI=1S/C13H22N2O5S/c16-12(14-11-3-6-21(19,20)9-11)8-15-4-1-10(2-5-15)7-13(17)18/h10-11H,1-9H2,(H,14,16)(H,17,18). The van der Waals surface area contributed by atoms with Gasteiger partial charge in [-0.3, -0.25) is 14.5 Å². The molecule has 0 aromatic rings. The molecule has 0 aromatic carbocycles. The Balaban J connectivity index is 1.69. The van der Waals surface area contributed by atoms with Gasteiger partial charge in [0.05, 0.1) is 18.1 Å². The van der Waals surface area contributed by atoms with Gasteiger partial charge in [0.25, 0.3) is 0 Å². The summed E-state index contributed by atoms with van der Waals surface area (Å²) in [6.45, 7) is 1.69. The number of carboxylic acids is 1. The molecular formula is C13H22N2O5S. The largest absolute Gasteiger partial charge is 0.481 e. The number of carbonyl (C=O) groups is 2. The number of hydrogen-bond donors (Lipinski definition) is 2. The monoisotopic (exact) mass is 318 g/mol. The van der Waals surface area contributed by atoms with Crippen LogP contribution in [0.3, 0.4) is 0 Å². The van der Waals surface area contributed by atoms with E-state index in [4.69, 9.17) is 5.11 Å². The van der Waals surface area contributed by atoms with Crippen molar-refractivity contribution in [2.24, 2.45) is 5.92 Å². The van der Waals surface area contributed by atoms with E-state index in [0.717, 1.165) is 12.8 Å². The lowest BCUT2D eigenvalue weighted by Gasteiger charge is -2.30. The number of hydrogen-bond acceptors (Lipinski definition) is 5. The van der Waals surface area contributed by atoms with Crippen molar-refractivity contribution < 1.29 is 23.1 Å². The number of aliphatic carboxylic acids is 1. The van der Waals surface area contributed by atoms with Crippen LogP contribution in [0.15, 0.2) is 0 Å². The molecule has 1 amide bonds. The summed E-state index contributed by atoms with van der Waals surface area (Å²) in [5.41, 5.74) is 0. The molecule has 1 atom stereocenters. The van der Waals surface area contributed by atoms with Crippen LogP contribution < -0.4 is 5.32 Å². The number of nitrogens with one attached hydrogen (secondary N) is 1. The molecule has 0 radical (unpaired) electrons. The Hall–Kier alpha value is -1.15. The summed E-state index contributed by atoms with van der Waals surface area (Å²) < 4.78 is 22.7. The zero-order chi connectivity index (χ0) is 15.5. The van der Waals surface area contributed by atoms with Gasteiger partial charge in [-0.1, -0.05) is 0 Å². The van der Waals surface area contributed by atoms with Crippen LogP contribution in [-0.4, -0.2) is 67.5 Å². The average molecular weight is 318 g/mol. The van der Waals surface area contributed by atoms with E-state index in [-0.39, 0.29) is 42.3 Å². The molecule has 2 aliphatic rings. The van der Waals surface area contributed by atoms with Crippen molar-refractivity contribution in [2.75, 3.05) is 31.1 Å². The molecule has 0 saturated carbocycles. The Bertz CT molecular complexity index is 497. The van der Waals surface area contributed by atoms with Crippen LogP contribution >= 0.6 is 0 Å². The first-order valence-corrected chi connectivity index (χ1v) is 9.10. The Kier molecular flexibility index (Phi) is 5.21. The minimum atomic E-state index is -2.98. The fourth-order valence-corrected chi connectivity index (χ4v) is 4.65. The van der Waals surface area contributed by atoms with Crippen LogP contribution in [0.5, 0.6) is 0 Å². The molecule has 0 aliphatic carbocycles. The van der Waals surface area contributed by atoms with E-state index < -0.39 is 15.8 Å².